The van der Waals surface area contributed by atoms with E-state index < -0.39 is 0 Å². The summed E-state index contributed by atoms with van der Waals surface area (Å²) in [5.74, 6) is 1.48. The van der Waals surface area contributed by atoms with Crippen molar-refractivity contribution in [3.63, 3.8) is 0 Å². The van der Waals surface area contributed by atoms with Crippen LogP contribution in [0.5, 0.6) is 5.75 Å². The first-order valence-electron chi connectivity index (χ1n) is 9.76. The smallest absolute Gasteiger partial charge is 0.223 e. The van der Waals surface area contributed by atoms with Crippen molar-refractivity contribution < 1.29 is 9.53 Å². The SMILES string of the molecule is CCC1=C(c2ccc(OC)cc2)CCC(C(=O)NCCCN(C)C)C1C. The first kappa shape index (κ1) is 20.5. The van der Waals surface area contributed by atoms with Gasteiger partial charge in [-0.1, -0.05) is 31.6 Å². The highest BCUT2D eigenvalue weighted by molar-refractivity contribution is 5.82. The van der Waals surface area contributed by atoms with Crippen LogP contribution in [0.1, 0.15) is 45.1 Å². The Kier molecular flexibility index (Phi) is 7.70. The molecule has 0 saturated heterocycles. The summed E-state index contributed by atoms with van der Waals surface area (Å²) in [6, 6.07) is 8.31. The lowest BCUT2D eigenvalue weighted by atomic mass is 9.73. The molecule has 0 saturated carbocycles. The van der Waals surface area contributed by atoms with Gasteiger partial charge in [-0.3, -0.25) is 4.79 Å². The molecule has 4 heteroatoms. The van der Waals surface area contributed by atoms with Crippen LogP contribution >= 0.6 is 0 Å². The van der Waals surface area contributed by atoms with E-state index in [0.717, 1.165) is 44.5 Å². The number of nitrogens with zero attached hydrogens (tertiary/aromatic N) is 1. The Bertz CT molecular complexity index is 620. The molecule has 1 amide bonds. The number of ether oxygens (including phenoxy) is 1. The predicted molar refractivity (Wildman–Crippen MR) is 108 cm³/mol. The minimum Gasteiger partial charge on any atom is -0.497 e. The first-order valence-corrected chi connectivity index (χ1v) is 9.76. The van der Waals surface area contributed by atoms with E-state index >= 15 is 0 Å². The van der Waals surface area contributed by atoms with E-state index in [0.29, 0.717) is 5.92 Å². The van der Waals surface area contributed by atoms with Crippen molar-refractivity contribution in [2.45, 2.75) is 39.5 Å². The van der Waals surface area contributed by atoms with E-state index in [1.165, 1.54) is 16.7 Å². The van der Waals surface area contributed by atoms with Crippen LogP contribution in [0.15, 0.2) is 29.8 Å². The van der Waals surface area contributed by atoms with E-state index in [4.69, 9.17) is 4.74 Å². The minimum absolute atomic E-state index is 0.0892. The molecule has 1 aliphatic rings. The summed E-state index contributed by atoms with van der Waals surface area (Å²) in [5.41, 5.74) is 4.11. The Morgan fingerprint density at radius 3 is 2.54 bits per heavy atom. The Labute approximate surface area is 158 Å². The molecule has 1 aliphatic carbocycles. The minimum atomic E-state index is 0.0892. The van der Waals surface area contributed by atoms with Crippen LogP contribution in [0.4, 0.5) is 0 Å². The lowest BCUT2D eigenvalue weighted by Gasteiger charge is -2.33. The second kappa shape index (κ2) is 9.77. The first-order chi connectivity index (χ1) is 12.5. The molecule has 1 aromatic carbocycles. The lowest BCUT2D eigenvalue weighted by molar-refractivity contribution is -0.126. The molecule has 2 rings (SSSR count). The molecular weight excluding hydrogens is 324 g/mol. The third kappa shape index (κ3) is 5.10. The van der Waals surface area contributed by atoms with Gasteiger partial charge in [0.15, 0.2) is 0 Å². The Morgan fingerprint density at radius 1 is 1.27 bits per heavy atom. The van der Waals surface area contributed by atoms with Crippen LogP contribution in [0.2, 0.25) is 0 Å². The van der Waals surface area contributed by atoms with Gasteiger partial charge >= 0.3 is 0 Å². The Morgan fingerprint density at radius 2 is 1.96 bits per heavy atom. The molecule has 0 bridgehead atoms. The Balaban J connectivity index is 2.07. The number of carbonyl (C=O) groups is 1. The molecule has 2 atom stereocenters. The molecular formula is C22H34N2O2. The number of allylic oxidation sites excluding steroid dienone is 2. The molecule has 0 fully saturated rings. The van der Waals surface area contributed by atoms with Crippen molar-refractivity contribution in [2.24, 2.45) is 11.8 Å². The molecule has 144 valence electrons. The highest BCUT2D eigenvalue weighted by atomic mass is 16.5. The third-order valence-corrected chi connectivity index (χ3v) is 5.48. The zero-order valence-electron chi connectivity index (χ0n) is 17.0. The van der Waals surface area contributed by atoms with Crippen molar-refractivity contribution in [3.8, 4) is 5.75 Å². The molecule has 0 radical (unpaired) electrons. The van der Waals surface area contributed by atoms with Crippen molar-refractivity contribution in [3.05, 3.63) is 35.4 Å². The van der Waals surface area contributed by atoms with Gasteiger partial charge in [-0.15, -0.1) is 0 Å². The van der Waals surface area contributed by atoms with E-state index in [1.54, 1.807) is 7.11 Å². The van der Waals surface area contributed by atoms with Crippen LogP contribution in [0, 0.1) is 11.8 Å². The normalized spacial score (nSPS) is 20.4. The Hall–Kier alpha value is -1.81. The monoisotopic (exact) mass is 358 g/mol. The van der Waals surface area contributed by atoms with Crippen molar-refractivity contribution in [1.29, 1.82) is 0 Å². The topological polar surface area (TPSA) is 41.6 Å². The van der Waals surface area contributed by atoms with E-state index in [-0.39, 0.29) is 11.8 Å². The zero-order chi connectivity index (χ0) is 19.1. The summed E-state index contributed by atoms with van der Waals surface area (Å²) in [5, 5.41) is 3.15. The summed E-state index contributed by atoms with van der Waals surface area (Å²) in [4.78, 5) is 14.8. The van der Waals surface area contributed by atoms with Crippen LogP contribution in [0.25, 0.3) is 5.57 Å². The van der Waals surface area contributed by atoms with Gasteiger partial charge in [-0.2, -0.15) is 0 Å². The molecule has 0 aliphatic heterocycles. The molecule has 2 unspecified atom stereocenters. The number of methoxy groups -OCH3 is 1. The standard InChI is InChI=1S/C22H34N2O2/c1-6-19-16(2)20(22(25)23-14-7-15-24(3)4)12-13-21(19)17-8-10-18(26-5)11-9-17/h8-11,16,20H,6-7,12-15H2,1-5H3,(H,23,25). The van der Waals surface area contributed by atoms with Gasteiger partial charge in [0.2, 0.25) is 5.91 Å². The number of nitrogens with one attached hydrogen (secondary N) is 1. The summed E-state index contributed by atoms with van der Waals surface area (Å²) in [6.07, 6.45) is 3.88. The maximum absolute atomic E-state index is 12.7. The fourth-order valence-electron chi connectivity index (χ4n) is 3.98. The molecule has 26 heavy (non-hydrogen) atoms. The second-order valence-corrected chi connectivity index (χ2v) is 7.47. The predicted octanol–water partition coefficient (Wildman–Crippen LogP) is 3.97. The maximum Gasteiger partial charge on any atom is 0.223 e. The third-order valence-electron chi connectivity index (χ3n) is 5.48. The van der Waals surface area contributed by atoms with E-state index in [9.17, 15) is 4.79 Å². The quantitative estimate of drug-likeness (QED) is 0.715. The van der Waals surface area contributed by atoms with Crippen molar-refractivity contribution in [1.82, 2.24) is 10.2 Å². The van der Waals surface area contributed by atoms with Gasteiger partial charge in [-0.05, 0) is 75.5 Å². The van der Waals surface area contributed by atoms with Gasteiger partial charge in [0, 0.05) is 12.5 Å². The number of rotatable bonds is 8. The molecule has 0 aromatic heterocycles. The van der Waals surface area contributed by atoms with Crippen LogP contribution in [-0.2, 0) is 4.79 Å². The zero-order valence-corrected chi connectivity index (χ0v) is 17.0. The van der Waals surface area contributed by atoms with Crippen LogP contribution < -0.4 is 10.1 Å². The molecule has 4 nitrogen and oxygen atoms in total. The highest BCUT2D eigenvalue weighted by Gasteiger charge is 2.32. The van der Waals surface area contributed by atoms with Gasteiger partial charge < -0.3 is 15.0 Å². The van der Waals surface area contributed by atoms with E-state index in [2.05, 4.69) is 50.3 Å². The van der Waals surface area contributed by atoms with Crippen LogP contribution in [0.3, 0.4) is 0 Å². The number of benzene rings is 1. The van der Waals surface area contributed by atoms with Crippen molar-refractivity contribution in [2.75, 3.05) is 34.3 Å². The van der Waals surface area contributed by atoms with Crippen molar-refractivity contribution >= 4 is 11.5 Å². The fourth-order valence-corrected chi connectivity index (χ4v) is 3.98. The molecule has 0 spiro atoms. The van der Waals surface area contributed by atoms with Gasteiger partial charge in [0.25, 0.3) is 0 Å². The summed E-state index contributed by atoms with van der Waals surface area (Å²) in [6.45, 7) is 6.18. The number of hydrogen-bond acceptors (Lipinski definition) is 3. The number of amides is 1. The van der Waals surface area contributed by atoms with Gasteiger partial charge in [-0.25, -0.2) is 0 Å². The largest absolute Gasteiger partial charge is 0.497 e. The summed E-state index contributed by atoms with van der Waals surface area (Å²) < 4.78 is 5.27. The molecule has 1 N–H and O–H groups in total. The second-order valence-electron chi connectivity index (χ2n) is 7.47. The number of carbonyl (C=O) groups excluding carboxylic acids is 1. The summed E-state index contributed by atoms with van der Waals surface area (Å²) in [7, 11) is 5.81. The summed E-state index contributed by atoms with van der Waals surface area (Å²) >= 11 is 0. The maximum atomic E-state index is 12.7. The van der Waals surface area contributed by atoms with E-state index in [1.807, 2.05) is 12.1 Å². The lowest BCUT2D eigenvalue weighted by Crippen LogP contribution is -2.37. The van der Waals surface area contributed by atoms with Crippen LogP contribution in [-0.4, -0.2) is 45.1 Å². The highest BCUT2D eigenvalue weighted by Crippen LogP contribution is 2.41. The van der Waals surface area contributed by atoms with Gasteiger partial charge in [0.05, 0.1) is 7.11 Å². The average molecular weight is 359 g/mol. The average Bonchev–Trinajstić information content (AvgIpc) is 2.64. The number of hydrogen-bond donors (Lipinski definition) is 1. The van der Waals surface area contributed by atoms with Gasteiger partial charge in [0.1, 0.15) is 5.75 Å². The molecule has 0 heterocycles. The molecule has 1 aromatic rings. The fraction of sp³-hybridized carbons (Fsp3) is 0.591.